The SMILES string of the molecule is CC/C=C\C/C=C\C/C=C\CCCCCC(=O)OC(COC(=O)CCCCCCCCCCCC)COC(=O)CCCCCCCCCCCCCCCCCCCCCCCCCCCCCCCC. The first-order valence-electron chi connectivity index (χ1n) is 31.5. The average molecular weight is 998 g/mol. The number of carbonyl (C=O) groups excluding carboxylic acids is 3. The van der Waals surface area contributed by atoms with Gasteiger partial charge < -0.3 is 14.2 Å². The third-order valence-corrected chi connectivity index (χ3v) is 14.2. The second-order valence-electron chi connectivity index (χ2n) is 21.3. The molecule has 0 radical (unpaired) electrons. The quantitative estimate of drug-likeness (QED) is 0.0261. The molecular formula is C65H120O6. The molecule has 0 aromatic rings. The van der Waals surface area contributed by atoms with Crippen LogP contribution in [0.2, 0.25) is 0 Å². The molecule has 416 valence electrons. The van der Waals surface area contributed by atoms with E-state index in [0.29, 0.717) is 19.3 Å². The van der Waals surface area contributed by atoms with Gasteiger partial charge in [-0.05, 0) is 51.4 Å². The van der Waals surface area contributed by atoms with Crippen molar-refractivity contribution in [1.29, 1.82) is 0 Å². The lowest BCUT2D eigenvalue weighted by molar-refractivity contribution is -0.167. The van der Waals surface area contributed by atoms with Crippen molar-refractivity contribution in [2.24, 2.45) is 0 Å². The fourth-order valence-electron chi connectivity index (χ4n) is 9.46. The second kappa shape index (κ2) is 60.2. The Hall–Kier alpha value is -2.37. The van der Waals surface area contributed by atoms with Crippen molar-refractivity contribution < 1.29 is 28.6 Å². The Labute approximate surface area is 442 Å². The van der Waals surface area contributed by atoms with Gasteiger partial charge in [-0.1, -0.05) is 308 Å². The first-order valence-corrected chi connectivity index (χ1v) is 31.5. The zero-order valence-electron chi connectivity index (χ0n) is 47.8. The van der Waals surface area contributed by atoms with Crippen LogP contribution in [0.5, 0.6) is 0 Å². The summed E-state index contributed by atoms with van der Waals surface area (Å²) in [5, 5.41) is 0. The molecule has 0 amide bonds. The summed E-state index contributed by atoms with van der Waals surface area (Å²) in [5.74, 6) is -0.893. The van der Waals surface area contributed by atoms with Gasteiger partial charge in [0.25, 0.3) is 0 Å². The number of allylic oxidation sites excluding steroid dienone is 6. The van der Waals surface area contributed by atoms with Crippen molar-refractivity contribution in [2.45, 2.75) is 348 Å². The Morgan fingerprint density at radius 1 is 0.296 bits per heavy atom. The normalized spacial score (nSPS) is 12.2. The molecular weight excluding hydrogens is 877 g/mol. The minimum absolute atomic E-state index is 0.0795. The maximum absolute atomic E-state index is 12.8. The fraction of sp³-hybridized carbons (Fsp3) is 0.862. The topological polar surface area (TPSA) is 78.9 Å². The number of carbonyl (C=O) groups is 3. The monoisotopic (exact) mass is 997 g/mol. The van der Waals surface area contributed by atoms with Crippen LogP contribution < -0.4 is 0 Å². The summed E-state index contributed by atoms with van der Waals surface area (Å²) in [6.45, 7) is 6.53. The lowest BCUT2D eigenvalue weighted by Gasteiger charge is -2.18. The van der Waals surface area contributed by atoms with Crippen molar-refractivity contribution in [3.05, 3.63) is 36.5 Å². The third kappa shape index (κ3) is 58.4. The second-order valence-corrected chi connectivity index (χ2v) is 21.3. The van der Waals surface area contributed by atoms with Gasteiger partial charge in [0, 0.05) is 19.3 Å². The van der Waals surface area contributed by atoms with Crippen LogP contribution in [0.25, 0.3) is 0 Å². The van der Waals surface area contributed by atoms with E-state index in [9.17, 15) is 14.4 Å². The van der Waals surface area contributed by atoms with Crippen LogP contribution in [0.1, 0.15) is 342 Å². The molecule has 0 saturated heterocycles. The Balaban J connectivity index is 4.05. The van der Waals surface area contributed by atoms with Crippen molar-refractivity contribution in [2.75, 3.05) is 13.2 Å². The fourth-order valence-corrected chi connectivity index (χ4v) is 9.46. The van der Waals surface area contributed by atoms with E-state index in [-0.39, 0.29) is 31.1 Å². The zero-order chi connectivity index (χ0) is 51.4. The maximum atomic E-state index is 12.8. The van der Waals surface area contributed by atoms with Crippen LogP contribution in [0.3, 0.4) is 0 Å². The van der Waals surface area contributed by atoms with Gasteiger partial charge in [-0.15, -0.1) is 0 Å². The number of hydrogen-bond donors (Lipinski definition) is 0. The van der Waals surface area contributed by atoms with E-state index in [4.69, 9.17) is 14.2 Å². The standard InChI is InChI=1S/C65H120O6/c1-4-7-10-13-16-19-22-24-25-26-27-28-29-30-31-32-33-34-35-36-37-38-39-40-42-43-46-49-52-55-58-64(67)70-61-62(60-69-63(66)57-54-51-48-45-21-18-15-12-9-6-3)71-65(68)59-56-53-50-47-44-41-23-20-17-14-11-8-5-2/h8,11,17,20,41,44,62H,4-7,9-10,12-16,18-19,21-40,42-43,45-61H2,1-3H3/b11-8-,20-17-,44-41-. The summed E-state index contributed by atoms with van der Waals surface area (Å²) in [6.07, 6.45) is 73.3. The molecule has 0 aromatic heterocycles. The number of esters is 3. The van der Waals surface area contributed by atoms with Crippen LogP contribution in [0, 0.1) is 0 Å². The highest BCUT2D eigenvalue weighted by atomic mass is 16.6. The molecule has 0 aromatic carbocycles. The molecule has 0 N–H and O–H groups in total. The average Bonchev–Trinajstić information content (AvgIpc) is 3.37. The number of rotatable bonds is 58. The summed E-state index contributed by atoms with van der Waals surface area (Å²) >= 11 is 0. The summed E-state index contributed by atoms with van der Waals surface area (Å²) in [5.41, 5.74) is 0. The molecule has 0 saturated carbocycles. The minimum Gasteiger partial charge on any atom is -0.462 e. The van der Waals surface area contributed by atoms with Gasteiger partial charge in [-0.3, -0.25) is 14.4 Å². The highest BCUT2D eigenvalue weighted by Crippen LogP contribution is 2.18. The van der Waals surface area contributed by atoms with Gasteiger partial charge in [-0.2, -0.15) is 0 Å². The van der Waals surface area contributed by atoms with Crippen LogP contribution in [0.15, 0.2) is 36.5 Å². The molecule has 0 bridgehead atoms. The summed E-state index contributed by atoms with van der Waals surface area (Å²) in [6, 6.07) is 0. The highest BCUT2D eigenvalue weighted by molar-refractivity contribution is 5.71. The van der Waals surface area contributed by atoms with E-state index in [0.717, 1.165) is 83.5 Å². The molecule has 0 fully saturated rings. The third-order valence-electron chi connectivity index (χ3n) is 14.2. The first kappa shape index (κ1) is 68.6. The molecule has 0 aliphatic heterocycles. The smallest absolute Gasteiger partial charge is 0.306 e. The van der Waals surface area contributed by atoms with Crippen LogP contribution in [-0.2, 0) is 28.6 Å². The van der Waals surface area contributed by atoms with Crippen LogP contribution >= 0.6 is 0 Å². The predicted molar refractivity (Wildman–Crippen MR) is 307 cm³/mol. The van der Waals surface area contributed by atoms with E-state index in [2.05, 4.69) is 57.2 Å². The zero-order valence-corrected chi connectivity index (χ0v) is 47.8. The molecule has 0 heterocycles. The minimum atomic E-state index is -0.782. The van der Waals surface area contributed by atoms with Crippen molar-refractivity contribution >= 4 is 17.9 Å². The summed E-state index contributed by atoms with van der Waals surface area (Å²) in [4.78, 5) is 38.1. The van der Waals surface area contributed by atoms with Crippen LogP contribution in [-0.4, -0.2) is 37.2 Å². The Bertz CT molecular complexity index is 1190. The number of ether oxygens (including phenoxy) is 3. The van der Waals surface area contributed by atoms with Crippen LogP contribution in [0.4, 0.5) is 0 Å². The molecule has 6 nitrogen and oxygen atoms in total. The van der Waals surface area contributed by atoms with Gasteiger partial charge in [-0.25, -0.2) is 0 Å². The molecule has 6 heteroatoms. The highest BCUT2D eigenvalue weighted by Gasteiger charge is 2.19. The summed E-state index contributed by atoms with van der Waals surface area (Å²) in [7, 11) is 0. The van der Waals surface area contributed by atoms with Crippen molar-refractivity contribution in [1.82, 2.24) is 0 Å². The largest absolute Gasteiger partial charge is 0.462 e. The molecule has 0 rings (SSSR count). The molecule has 1 atom stereocenters. The van der Waals surface area contributed by atoms with E-state index < -0.39 is 6.10 Å². The van der Waals surface area contributed by atoms with Gasteiger partial charge in [0.15, 0.2) is 6.10 Å². The Morgan fingerprint density at radius 2 is 0.549 bits per heavy atom. The molecule has 0 aliphatic rings. The first-order chi connectivity index (χ1) is 35.0. The Morgan fingerprint density at radius 3 is 0.859 bits per heavy atom. The van der Waals surface area contributed by atoms with E-state index >= 15 is 0 Å². The lowest BCUT2D eigenvalue weighted by Crippen LogP contribution is -2.30. The number of hydrogen-bond acceptors (Lipinski definition) is 6. The van der Waals surface area contributed by atoms with Gasteiger partial charge in [0.05, 0.1) is 0 Å². The van der Waals surface area contributed by atoms with Gasteiger partial charge in [0.2, 0.25) is 0 Å². The van der Waals surface area contributed by atoms with E-state index in [1.54, 1.807) is 0 Å². The number of unbranched alkanes of at least 4 members (excludes halogenated alkanes) is 41. The van der Waals surface area contributed by atoms with Crippen molar-refractivity contribution in [3.63, 3.8) is 0 Å². The summed E-state index contributed by atoms with van der Waals surface area (Å²) < 4.78 is 16.8. The van der Waals surface area contributed by atoms with Gasteiger partial charge in [0.1, 0.15) is 13.2 Å². The molecule has 0 aliphatic carbocycles. The maximum Gasteiger partial charge on any atom is 0.306 e. The van der Waals surface area contributed by atoms with Crippen molar-refractivity contribution in [3.8, 4) is 0 Å². The van der Waals surface area contributed by atoms with E-state index in [1.165, 1.54) is 218 Å². The van der Waals surface area contributed by atoms with E-state index in [1.807, 2.05) is 0 Å². The predicted octanol–water partition coefficient (Wildman–Crippen LogP) is 21.2. The lowest BCUT2D eigenvalue weighted by atomic mass is 10.0. The molecule has 1 unspecified atom stereocenters. The van der Waals surface area contributed by atoms with Gasteiger partial charge >= 0.3 is 17.9 Å². The molecule has 0 spiro atoms. The Kier molecular flexibility index (Phi) is 58.2. The molecule has 71 heavy (non-hydrogen) atoms.